The van der Waals surface area contributed by atoms with Crippen molar-refractivity contribution in [2.75, 3.05) is 21.2 Å². The van der Waals surface area contributed by atoms with Crippen LogP contribution in [0.4, 0.5) is 0 Å². The molecule has 0 aliphatic carbocycles. The normalized spacial score (nSPS) is 11.6. The number of ether oxygens (including phenoxy) is 1. The van der Waals surface area contributed by atoms with Gasteiger partial charge in [-0.2, -0.15) is 0 Å². The first kappa shape index (κ1) is 21.8. The largest absolute Gasteiger partial charge is 0.496 e. The Morgan fingerprint density at radius 1 is 1.00 bits per heavy atom. The van der Waals surface area contributed by atoms with Crippen molar-refractivity contribution in [2.45, 2.75) is 24.3 Å². The summed E-state index contributed by atoms with van der Waals surface area (Å²) in [5.74, 6) is 0.459. The summed E-state index contributed by atoms with van der Waals surface area (Å²) in [6.45, 7) is 0.437. The number of aryl methyl sites for hydroxylation is 1. The van der Waals surface area contributed by atoms with Gasteiger partial charge < -0.3 is 10.1 Å². The molecule has 0 heterocycles. The standard InChI is InChI=1S/C23H26N2O4S/c1-25(2)30(27,28)20-12-13-22(29-3)18(15-20)11-14-23(26)24-16-19-9-6-8-17-7-4-5-10-21(17)19/h4-10,12-13,15H,11,14,16H2,1-3H3,(H,24,26). The second-order valence-corrected chi connectivity index (χ2v) is 9.33. The predicted octanol–water partition coefficient (Wildman–Crippen LogP) is 3.35. The maximum atomic E-state index is 12.4. The average Bonchev–Trinajstić information content (AvgIpc) is 2.75. The summed E-state index contributed by atoms with van der Waals surface area (Å²) in [6, 6.07) is 18.8. The number of amides is 1. The number of sulfonamides is 1. The van der Waals surface area contributed by atoms with E-state index in [1.807, 2.05) is 42.5 Å². The third-order valence-electron chi connectivity index (χ3n) is 5.01. The van der Waals surface area contributed by atoms with E-state index in [0.29, 0.717) is 24.3 Å². The molecule has 0 unspecified atom stereocenters. The van der Waals surface area contributed by atoms with Gasteiger partial charge in [0.2, 0.25) is 15.9 Å². The fourth-order valence-electron chi connectivity index (χ4n) is 3.30. The van der Waals surface area contributed by atoms with E-state index in [0.717, 1.165) is 20.6 Å². The number of methoxy groups -OCH3 is 1. The highest BCUT2D eigenvalue weighted by Crippen LogP contribution is 2.25. The molecule has 1 N–H and O–H groups in total. The van der Waals surface area contributed by atoms with Crippen LogP contribution < -0.4 is 10.1 Å². The molecule has 6 nitrogen and oxygen atoms in total. The topological polar surface area (TPSA) is 75.7 Å². The highest BCUT2D eigenvalue weighted by Gasteiger charge is 2.19. The van der Waals surface area contributed by atoms with Gasteiger partial charge >= 0.3 is 0 Å². The van der Waals surface area contributed by atoms with Gasteiger partial charge in [0.1, 0.15) is 5.75 Å². The number of carbonyl (C=O) groups is 1. The van der Waals surface area contributed by atoms with E-state index in [1.165, 1.54) is 27.3 Å². The Bertz CT molecular complexity index is 1150. The van der Waals surface area contributed by atoms with E-state index in [-0.39, 0.29) is 17.2 Å². The zero-order valence-electron chi connectivity index (χ0n) is 17.4. The van der Waals surface area contributed by atoms with Gasteiger partial charge in [-0.25, -0.2) is 12.7 Å². The second kappa shape index (κ2) is 9.28. The van der Waals surface area contributed by atoms with Crippen LogP contribution in [0.1, 0.15) is 17.5 Å². The number of nitrogens with zero attached hydrogens (tertiary/aromatic N) is 1. The summed E-state index contributed by atoms with van der Waals surface area (Å²) < 4.78 is 31.3. The molecule has 0 aliphatic heterocycles. The van der Waals surface area contributed by atoms with Crippen molar-refractivity contribution >= 4 is 26.7 Å². The summed E-state index contributed by atoms with van der Waals surface area (Å²) >= 11 is 0. The number of benzene rings is 3. The first-order valence-electron chi connectivity index (χ1n) is 9.65. The van der Waals surface area contributed by atoms with Crippen molar-refractivity contribution < 1.29 is 17.9 Å². The third kappa shape index (κ3) is 4.80. The lowest BCUT2D eigenvalue weighted by Gasteiger charge is -2.14. The molecule has 1 amide bonds. The van der Waals surface area contributed by atoms with Crippen molar-refractivity contribution in [2.24, 2.45) is 0 Å². The molecule has 0 aliphatic rings. The van der Waals surface area contributed by atoms with Gasteiger partial charge in [0.05, 0.1) is 12.0 Å². The summed E-state index contributed by atoms with van der Waals surface area (Å²) in [5, 5.41) is 5.20. The smallest absolute Gasteiger partial charge is 0.242 e. The molecule has 7 heteroatoms. The van der Waals surface area contributed by atoms with Crippen LogP contribution in [-0.4, -0.2) is 39.8 Å². The second-order valence-electron chi connectivity index (χ2n) is 7.18. The van der Waals surface area contributed by atoms with E-state index in [2.05, 4.69) is 5.32 Å². The molecule has 0 spiro atoms. The lowest BCUT2D eigenvalue weighted by atomic mass is 10.0. The quantitative estimate of drug-likeness (QED) is 0.599. The number of hydrogen-bond donors (Lipinski definition) is 1. The van der Waals surface area contributed by atoms with Gasteiger partial charge in [0, 0.05) is 27.1 Å². The first-order valence-corrected chi connectivity index (χ1v) is 11.1. The van der Waals surface area contributed by atoms with Crippen molar-refractivity contribution in [1.82, 2.24) is 9.62 Å². The van der Waals surface area contributed by atoms with Gasteiger partial charge in [-0.3, -0.25) is 4.79 Å². The van der Waals surface area contributed by atoms with Gasteiger partial charge in [-0.15, -0.1) is 0 Å². The number of rotatable bonds is 8. The summed E-state index contributed by atoms with van der Waals surface area (Å²) in [4.78, 5) is 12.6. The maximum absolute atomic E-state index is 12.4. The molecular weight excluding hydrogens is 400 g/mol. The lowest BCUT2D eigenvalue weighted by molar-refractivity contribution is -0.121. The summed E-state index contributed by atoms with van der Waals surface area (Å²) in [5.41, 5.74) is 1.74. The number of hydrogen-bond acceptors (Lipinski definition) is 4. The monoisotopic (exact) mass is 426 g/mol. The SMILES string of the molecule is COc1ccc(S(=O)(=O)N(C)C)cc1CCC(=O)NCc1cccc2ccccc12. The molecule has 0 saturated heterocycles. The molecule has 3 aromatic rings. The Labute approximate surface area is 177 Å². The summed E-state index contributed by atoms with van der Waals surface area (Å²) in [6.07, 6.45) is 0.605. The molecule has 0 bridgehead atoms. The van der Waals surface area contributed by atoms with Gasteiger partial charge in [0.15, 0.2) is 0 Å². The maximum Gasteiger partial charge on any atom is 0.242 e. The third-order valence-corrected chi connectivity index (χ3v) is 6.82. The molecule has 0 fully saturated rings. The van der Waals surface area contributed by atoms with Gasteiger partial charge in [0.25, 0.3) is 0 Å². The van der Waals surface area contributed by atoms with Crippen molar-refractivity contribution in [1.29, 1.82) is 0 Å². The van der Waals surface area contributed by atoms with E-state index < -0.39 is 10.0 Å². The molecule has 158 valence electrons. The molecule has 3 aromatic carbocycles. The minimum Gasteiger partial charge on any atom is -0.496 e. The first-order chi connectivity index (χ1) is 14.3. The number of fused-ring (bicyclic) bond motifs is 1. The minimum atomic E-state index is -3.55. The Morgan fingerprint density at radius 2 is 1.73 bits per heavy atom. The molecule has 30 heavy (non-hydrogen) atoms. The fraction of sp³-hybridized carbons (Fsp3) is 0.261. The molecule has 3 rings (SSSR count). The van der Waals surface area contributed by atoms with Gasteiger partial charge in [-0.05, 0) is 46.5 Å². The van der Waals surface area contributed by atoms with Crippen LogP contribution in [-0.2, 0) is 27.8 Å². The Morgan fingerprint density at radius 3 is 2.47 bits per heavy atom. The Hall–Kier alpha value is -2.90. The van der Waals surface area contributed by atoms with Crippen LogP contribution in [0, 0.1) is 0 Å². The van der Waals surface area contributed by atoms with Gasteiger partial charge in [-0.1, -0.05) is 42.5 Å². The Kier molecular flexibility index (Phi) is 6.74. The minimum absolute atomic E-state index is 0.106. The average molecular weight is 427 g/mol. The van der Waals surface area contributed by atoms with E-state index in [9.17, 15) is 13.2 Å². The molecule has 0 atom stereocenters. The Balaban J connectivity index is 1.68. The van der Waals surface area contributed by atoms with E-state index in [1.54, 1.807) is 12.1 Å². The molecule has 0 saturated carbocycles. The molecule has 0 radical (unpaired) electrons. The van der Waals surface area contributed by atoms with Crippen LogP contribution in [0.25, 0.3) is 10.8 Å². The molecular formula is C23H26N2O4S. The van der Waals surface area contributed by atoms with Crippen molar-refractivity contribution in [3.8, 4) is 5.75 Å². The van der Waals surface area contributed by atoms with Crippen molar-refractivity contribution in [3.05, 3.63) is 71.8 Å². The predicted molar refractivity (Wildman–Crippen MR) is 118 cm³/mol. The molecule has 0 aromatic heterocycles. The van der Waals surface area contributed by atoms with E-state index >= 15 is 0 Å². The van der Waals surface area contributed by atoms with Crippen molar-refractivity contribution in [3.63, 3.8) is 0 Å². The van der Waals surface area contributed by atoms with Crippen LogP contribution in [0.5, 0.6) is 5.75 Å². The van der Waals surface area contributed by atoms with Crippen LogP contribution >= 0.6 is 0 Å². The summed E-state index contributed by atoms with van der Waals surface area (Å²) in [7, 11) is 0.947. The zero-order valence-corrected chi connectivity index (χ0v) is 18.2. The zero-order chi connectivity index (χ0) is 21.7. The highest BCUT2D eigenvalue weighted by atomic mass is 32.2. The number of carbonyl (C=O) groups excluding carboxylic acids is 1. The number of nitrogens with one attached hydrogen (secondary N) is 1. The van der Waals surface area contributed by atoms with E-state index in [4.69, 9.17) is 4.74 Å². The van der Waals surface area contributed by atoms with Crippen LogP contribution in [0.15, 0.2) is 65.6 Å². The fourth-order valence-corrected chi connectivity index (χ4v) is 4.25. The highest BCUT2D eigenvalue weighted by molar-refractivity contribution is 7.89. The van der Waals surface area contributed by atoms with Crippen LogP contribution in [0.3, 0.4) is 0 Å². The lowest BCUT2D eigenvalue weighted by Crippen LogP contribution is -2.23. The van der Waals surface area contributed by atoms with Crippen LogP contribution in [0.2, 0.25) is 0 Å².